The van der Waals surface area contributed by atoms with Gasteiger partial charge in [0.05, 0.1) is 12.7 Å². The maximum atomic E-state index is 12.8. The highest BCUT2D eigenvalue weighted by molar-refractivity contribution is 5.88. The molecular formula is C16H19NO5. The van der Waals surface area contributed by atoms with Crippen LogP contribution in [-0.2, 0) is 25.5 Å². The monoisotopic (exact) mass is 305 g/mol. The summed E-state index contributed by atoms with van der Waals surface area (Å²) < 4.78 is 10.9. The lowest BCUT2D eigenvalue weighted by atomic mass is 9.96. The van der Waals surface area contributed by atoms with Crippen molar-refractivity contribution in [1.82, 2.24) is 4.90 Å². The third kappa shape index (κ3) is 2.60. The predicted octanol–water partition coefficient (Wildman–Crippen LogP) is 1.00. The first-order valence-corrected chi connectivity index (χ1v) is 7.37. The van der Waals surface area contributed by atoms with Crippen LogP contribution in [0.2, 0.25) is 0 Å². The highest BCUT2D eigenvalue weighted by Gasteiger charge is 2.43. The molecule has 6 heteroatoms. The molecule has 0 bridgehead atoms. The normalized spacial score (nSPS) is 27.5. The molecule has 1 fully saturated rings. The Hall–Kier alpha value is -1.92. The van der Waals surface area contributed by atoms with Crippen molar-refractivity contribution in [2.24, 2.45) is 0 Å². The number of carbonyl (C=O) groups excluding carboxylic acids is 1. The van der Waals surface area contributed by atoms with Gasteiger partial charge in [-0.15, -0.1) is 0 Å². The Morgan fingerprint density at radius 3 is 2.86 bits per heavy atom. The van der Waals surface area contributed by atoms with Gasteiger partial charge in [0, 0.05) is 20.1 Å². The number of amides is 1. The van der Waals surface area contributed by atoms with E-state index in [4.69, 9.17) is 9.47 Å². The van der Waals surface area contributed by atoms with Gasteiger partial charge in [-0.25, -0.2) is 4.79 Å². The molecule has 1 aromatic rings. The second-order valence-corrected chi connectivity index (χ2v) is 5.64. The number of carboxylic acid groups (broad SMARTS) is 1. The minimum absolute atomic E-state index is 0.246. The molecule has 0 aliphatic carbocycles. The van der Waals surface area contributed by atoms with Crippen LogP contribution in [0.3, 0.4) is 0 Å². The van der Waals surface area contributed by atoms with Crippen LogP contribution >= 0.6 is 0 Å². The first-order valence-electron chi connectivity index (χ1n) is 7.37. The van der Waals surface area contributed by atoms with Gasteiger partial charge < -0.3 is 19.5 Å². The number of methoxy groups -OCH3 is 1. The highest BCUT2D eigenvalue weighted by atomic mass is 16.5. The Morgan fingerprint density at radius 1 is 1.36 bits per heavy atom. The first-order chi connectivity index (χ1) is 10.6. The zero-order valence-electron chi connectivity index (χ0n) is 12.4. The van der Waals surface area contributed by atoms with Crippen molar-refractivity contribution >= 4 is 11.9 Å². The van der Waals surface area contributed by atoms with Crippen LogP contribution in [-0.4, -0.2) is 54.3 Å². The molecule has 118 valence electrons. The topological polar surface area (TPSA) is 76.1 Å². The zero-order valence-corrected chi connectivity index (χ0v) is 12.4. The number of hydrogen-bond donors (Lipinski definition) is 1. The van der Waals surface area contributed by atoms with Crippen LogP contribution < -0.4 is 0 Å². The van der Waals surface area contributed by atoms with E-state index < -0.39 is 18.1 Å². The van der Waals surface area contributed by atoms with Gasteiger partial charge in [0.2, 0.25) is 0 Å². The van der Waals surface area contributed by atoms with Crippen molar-refractivity contribution < 1.29 is 24.2 Å². The summed E-state index contributed by atoms with van der Waals surface area (Å²) in [6.07, 6.45) is 0.112. The standard InChI is InChI=1S/C16H19NO5/c1-21-11-8-13(16(19)20)17(9-11)15(18)14-12-5-3-2-4-10(12)6-7-22-14/h2-5,11,13-14H,6-9H2,1H3,(H,19,20). The number of carboxylic acids is 1. The predicted molar refractivity (Wildman–Crippen MR) is 77.4 cm³/mol. The molecule has 3 atom stereocenters. The fourth-order valence-electron chi connectivity index (χ4n) is 3.19. The molecule has 0 aromatic heterocycles. The molecular weight excluding hydrogens is 286 g/mol. The summed E-state index contributed by atoms with van der Waals surface area (Å²) in [6, 6.07) is 6.80. The summed E-state index contributed by atoms with van der Waals surface area (Å²) in [6.45, 7) is 0.751. The SMILES string of the molecule is COC1CC(C(=O)O)N(C(=O)C2OCCc3ccccc32)C1. The number of ether oxygens (including phenoxy) is 2. The lowest BCUT2D eigenvalue weighted by Crippen LogP contribution is -2.44. The van der Waals surface area contributed by atoms with Gasteiger partial charge in [0.1, 0.15) is 6.04 Å². The van der Waals surface area contributed by atoms with Crippen molar-refractivity contribution in [2.75, 3.05) is 20.3 Å². The fraction of sp³-hybridized carbons (Fsp3) is 0.500. The number of rotatable bonds is 3. The summed E-state index contributed by atoms with van der Waals surface area (Å²) in [5.41, 5.74) is 1.92. The van der Waals surface area contributed by atoms with E-state index in [-0.39, 0.29) is 18.6 Å². The van der Waals surface area contributed by atoms with E-state index in [1.807, 2.05) is 24.3 Å². The van der Waals surface area contributed by atoms with Gasteiger partial charge >= 0.3 is 5.97 Å². The Balaban J connectivity index is 1.86. The van der Waals surface area contributed by atoms with E-state index in [0.717, 1.165) is 17.5 Å². The summed E-state index contributed by atoms with van der Waals surface area (Å²) >= 11 is 0. The first kappa shape index (κ1) is 15.0. The third-order valence-corrected chi connectivity index (χ3v) is 4.38. The number of aliphatic carboxylic acids is 1. The van der Waals surface area contributed by atoms with E-state index in [2.05, 4.69) is 0 Å². The number of carbonyl (C=O) groups is 2. The molecule has 1 amide bonds. The van der Waals surface area contributed by atoms with E-state index in [1.54, 1.807) is 0 Å². The van der Waals surface area contributed by atoms with Crippen LogP contribution in [0, 0.1) is 0 Å². The average molecular weight is 305 g/mol. The number of nitrogens with zero attached hydrogens (tertiary/aromatic N) is 1. The second-order valence-electron chi connectivity index (χ2n) is 5.64. The van der Waals surface area contributed by atoms with Gasteiger partial charge in [-0.1, -0.05) is 24.3 Å². The molecule has 3 unspecified atom stereocenters. The van der Waals surface area contributed by atoms with Crippen molar-refractivity contribution in [3.05, 3.63) is 35.4 Å². The van der Waals surface area contributed by atoms with Crippen molar-refractivity contribution in [1.29, 1.82) is 0 Å². The molecule has 2 heterocycles. The molecule has 3 rings (SSSR count). The van der Waals surface area contributed by atoms with Gasteiger partial charge in [-0.3, -0.25) is 4.79 Å². The average Bonchev–Trinajstić information content (AvgIpc) is 2.98. The quantitative estimate of drug-likeness (QED) is 0.901. The minimum atomic E-state index is -1.00. The van der Waals surface area contributed by atoms with Crippen molar-refractivity contribution in [3.8, 4) is 0 Å². The molecule has 0 saturated carbocycles. The summed E-state index contributed by atoms with van der Waals surface area (Å²) in [7, 11) is 1.53. The molecule has 1 N–H and O–H groups in total. The molecule has 0 spiro atoms. The number of benzene rings is 1. The van der Waals surface area contributed by atoms with Gasteiger partial charge in [0.15, 0.2) is 6.10 Å². The van der Waals surface area contributed by atoms with Gasteiger partial charge in [-0.05, 0) is 17.5 Å². The smallest absolute Gasteiger partial charge is 0.326 e. The lowest BCUT2D eigenvalue weighted by Gasteiger charge is -2.30. The Kier molecular flexibility index (Phi) is 4.13. The molecule has 2 aliphatic heterocycles. The molecule has 2 aliphatic rings. The molecule has 22 heavy (non-hydrogen) atoms. The summed E-state index contributed by atoms with van der Waals surface area (Å²) in [5, 5.41) is 9.35. The van der Waals surface area contributed by atoms with Crippen LogP contribution in [0.4, 0.5) is 0 Å². The highest BCUT2D eigenvalue weighted by Crippen LogP contribution is 2.31. The van der Waals surface area contributed by atoms with Crippen LogP contribution in [0.25, 0.3) is 0 Å². The van der Waals surface area contributed by atoms with E-state index in [1.165, 1.54) is 12.0 Å². The van der Waals surface area contributed by atoms with Crippen LogP contribution in [0.15, 0.2) is 24.3 Å². The van der Waals surface area contributed by atoms with Crippen molar-refractivity contribution in [2.45, 2.75) is 31.1 Å². The maximum absolute atomic E-state index is 12.8. The number of hydrogen-bond acceptors (Lipinski definition) is 4. The molecule has 0 radical (unpaired) electrons. The fourth-order valence-corrected chi connectivity index (χ4v) is 3.19. The number of fused-ring (bicyclic) bond motifs is 1. The summed E-state index contributed by atoms with van der Waals surface area (Å²) in [5.74, 6) is -1.30. The van der Waals surface area contributed by atoms with Crippen LogP contribution in [0.5, 0.6) is 0 Å². The van der Waals surface area contributed by atoms with E-state index in [9.17, 15) is 14.7 Å². The Labute approximate surface area is 128 Å². The van der Waals surface area contributed by atoms with E-state index >= 15 is 0 Å². The maximum Gasteiger partial charge on any atom is 0.326 e. The molecule has 6 nitrogen and oxygen atoms in total. The lowest BCUT2D eigenvalue weighted by molar-refractivity contribution is -0.154. The summed E-state index contributed by atoms with van der Waals surface area (Å²) in [4.78, 5) is 25.6. The molecule has 1 saturated heterocycles. The number of likely N-dealkylation sites (tertiary alicyclic amines) is 1. The minimum Gasteiger partial charge on any atom is -0.480 e. The molecule has 1 aromatic carbocycles. The van der Waals surface area contributed by atoms with Gasteiger partial charge in [0.25, 0.3) is 5.91 Å². The van der Waals surface area contributed by atoms with Crippen molar-refractivity contribution in [3.63, 3.8) is 0 Å². The largest absolute Gasteiger partial charge is 0.480 e. The van der Waals surface area contributed by atoms with Gasteiger partial charge in [-0.2, -0.15) is 0 Å². The Bertz CT molecular complexity index is 588. The second kappa shape index (κ2) is 6.06. The zero-order chi connectivity index (χ0) is 15.7. The van der Waals surface area contributed by atoms with E-state index in [0.29, 0.717) is 13.0 Å². The third-order valence-electron chi connectivity index (χ3n) is 4.38. The van der Waals surface area contributed by atoms with Crippen LogP contribution in [0.1, 0.15) is 23.7 Å². The Morgan fingerprint density at radius 2 is 2.14 bits per heavy atom.